The van der Waals surface area contributed by atoms with Gasteiger partial charge in [-0.05, 0) is 31.2 Å². The number of hydrogen-bond donors (Lipinski definition) is 1. The van der Waals surface area contributed by atoms with Crippen LogP contribution in [0.25, 0.3) is 11.4 Å². The van der Waals surface area contributed by atoms with Crippen molar-refractivity contribution in [2.75, 3.05) is 49.8 Å². The monoisotopic (exact) mass is 458 g/mol. The molecule has 1 saturated heterocycles. The zero-order valence-electron chi connectivity index (χ0n) is 18.3. The van der Waals surface area contributed by atoms with Crippen molar-refractivity contribution in [1.29, 1.82) is 5.26 Å². The second kappa shape index (κ2) is 9.93. The average Bonchev–Trinajstić information content (AvgIpc) is 2.74. The standard InChI is InChI=1S/C21H26N6O4S/c1-15-13-31-10-9-27(15)19-12-18(14-32(29,30)11-8-22)23-20(25-19)16-4-6-17(7-5-16)24-21(28)26(2)3/h4-7,12,15H,9-11,13-14H2,1-3H3,(H,24,28)/t15-/m0/s1. The first-order valence-electron chi connectivity index (χ1n) is 10.1. The van der Waals surface area contributed by atoms with Crippen molar-refractivity contribution in [3.8, 4) is 17.5 Å². The van der Waals surface area contributed by atoms with E-state index >= 15 is 0 Å². The lowest BCUT2D eigenvalue weighted by Crippen LogP contribution is -2.44. The highest BCUT2D eigenvalue weighted by molar-refractivity contribution is 7.90. The number of anilines is 2. The molecule has 170 valence electrons. The van der Waals surface area contributed by atoms with E-state index in [0.29, 0.717) is 48.3 Å². The van der Waals surface area contributed by atoms with Gasteiger partial charge in [0.25, 0.3) is 0 Å². The number of rotatable bonds is 6. The fourth-order valence-corrected chi connectivity index (χ4v) is 4.11. The zero-order chi connectivity index (χ0) is 23.3. The average molecular weight is 459 g/mol. The predicted molar refractivity (Wildman–Crippen MR) is 121 cm³/mol. The number of nitrogens with zero attached hydrogens (tertiary/aromatic N) is 5. The third kappa shape index (κ3) is 5.93. The number of nitrogens with one attached hydrogen (secondary N) is 1. The Kier molecular flexibility index (Phi) is 7.27. The molecule has 1 N–H and O–H groups in total. The number of nitriles is 1. The second-order valence-corrected chi connectivity index (χ2v) is 9.82. The minimum Gasteiger partial charge on any atom is -0.377 e. The molecule has 0 unspecified atom stereocenters. The van der Waals surface area contributed by atoms with Gasteiger partial charge < -0.3 is 19.9 Å². The van der Waals surface area contributed by atoms with E-state index in [2.05, 4.69) is 20.2 Å². The van der Waals surface area contributed by atoms with Gasteiger partial charge in [-0.1, -0.05) is 0 Å². The number of sulfone groups is 1. The SMILES string of the molecule is C[C@H]1COCCN1c1cc(CS(=O)(=O)CC#N)nc(-c2ccc(NC(=O)N(C)C)cc2)n1. The highest BCUT2D eigenvalue weighted by Gasteiger charge is 2.23. The summed E-state index contributed by atoms with van der Waals surface area (Å²) in [7, 11) is -0.319. The molecule has 32 heavy (non-hydrogen) atoms. The molecule has 1 atom stereocenters. The molecule has 0 aliphatic carbocycles. The molecule has 2 amide bonds. The highest BCUT2D eigenvalue weighted by Crippen LogP contribution is 2.25. The minimum absolute atomic E-state index is 0.0682. The predicted octanol–water partition coefficient (Wildman–Crippen LogP) is 1.90. The topological polar surface area (TPSA) is 129 Å². The van der Waals surface area contributed by atoms with Crippen LogP contribution in [0.4, 0.5) is 16.3 Å². The van der Waals surface area contributed by atoms with Crippen LogP contribution in [0.3, 0.4) is 0 Å². The summed E-state index contributed by atoms with van der Waals surface area (Å²) in [6.07, 6.45) is 0. The third-order valence-electron chi connectivity index (χ3n) is 4.88. The molecule has 11 heteroatoms. The van der Waals surface area contributed by atoms with E-state index in [-0.39, 0.29) is 17.8 Å². The van der Waals surface area contributed by atoms with Crippen LogP contribution in [-0.2, 0) is 20.3 Å². The molecule has 1 aliphatic heterocycles. The van der Waals surface area contributed by atoms with E-state index < -0.39 is 15.6 Å². The number of morpholine rings is 1. The maximum Gasteiger partial charge on any atom is 0.321 e. The molecular formula is C21H26N6O4S. The third-order valence-corrected chi connectivity index (χ3v) is 6.18. The number of amides is 2. The van der Waals surface area contributed by atoms with Crippen molar-refractivity contribution < 1.29 is 17.9 Å². The number of carbonyl (C=O) groups excluding carboxylic acids is 1. The van der Waals surface area contributed by atoms with Crippen molar-refractivity contribution >= 4 is 27.4 Å². The minimum atomic E-state index is -3.62. The van der Waals surface area contributed by atoms with Crippen LogP contribution in [0.1, 0.15) is 12.6 Å². The fourth-order valence-electron chi connectivity index (χ4n) is 3.21. The Morgan fingerprint density at radius 1 is 1.31 bits per heavy atom. The van der Waals surface area contributed by atoms with Gasteiger partial charge in [0.1, 0.15) is 11.6 Å². The van der Waals surface area contributed by atoms with Crippen molar-refractivity contribution in [2.24, 2.45) is 0 Å². The fraction of sp³-hybridized carbons (Fsp3) is 0.429. The van der Waals surface area contributed by atoms with Crippen molar-refractivity contribution in [2.45, 2.75) is 18.7 Å². The smallest absolute Gasteiger partial charge is 0.321 e. The van der Waals surface area contributed by atoms with Gasteiger partial charge in [-0.3, -0.25) is 0 Å². The number of urea groups is 1. The summed E-state index contributed by atoms with van der Waals surface area (Å²) in [6, 6.07) is 10.2. The number of benzene rings is 1. The zero-order valence-corrected chi connectivity index (χ0v) is 19.1. The lowest BCUT2D eigenvalue weighted by molar-refractivity contribution is 0.0985. The number of ether oxygens (including phenoxy) is 1. The molecule has 10 nitrogen and oxygen atoms in total. The normalized spacial score (nSPS) is 16.3. The van der Waals surface area contributed by atoms with Crippen molar-refractivity contribution in [3.05, 3.63) is 36.0 Å². The molecule has 2 heterocycles. The van der Waals surface area contributed by atoms with Crippen molar-refractivity contribution in [3.63, 3.8) is 0 Å². The molecule has 1 aromatic carbocycles. The van der Waals surface area contributed by atoms with Gasteiger partial charge in [0.05, 0.1) is 36.8 Å². The van der Waals surface area contributed by atoms with E-state index in [1.165, 1.54) is 4.90 Å². The largest absolute Gasteiger partial charge is 0.377 e. The summed E-state index contributed by atoms with van der Waals surface area (Å²) in [5.74, 6) is 0.0565. The van der Waals surface area contributed by atoms with Crippen LogP contribution < -0.4 is 10.2 Å². The van der Waals surface area contributed by atoms with Crippen LogP contribution in [0.2, 0.25) is 0 Å². The number of carbonyl (C=O) groups is 1. The lowest BCUT2D eigenvalue weighted by Gasteiger charge is -2.34. The van der Waals surface area contributed by atoms with Crippen LogP contribution in [-0.4, -0.2) is 75.0 Å². The van der Waals surface area contributed by atoms with Gasteiger partial charge in [-0.15, -0.1) is 0 Å². The Morgan fingerprint density at radius 2 is 2.03 bits per heavy atom. The van der Waals surface area contributed by atoms with Crippen LogP contribution >= 0.6 is 0 Å². The molecule has 3 rings (SSSR count). The lowest BCUT2D eigenvalue weighted by atomic mass is 10.2. The highest BCUT2D eigenvalue weighted by atomic mass is 32.2. The first-order valence-corrected chi connectivity index (χ1v) is 11.9. The van der Waals surface area contributed by atoms with Gasteiger partial charge >= 0.3 is 6.03 Å². The van der Waals surface area contributed by atoms with E-state index in [1.54, 1.807) is 50.5 Å². The molecule has 1 fully saturated rings. The Labute approximate surface area is 187 Å². The Bertz CT molecular complexity index is 1110. The van der Waals surface area contributed by atoms with Crippen LogP contribution in [0.5, 0.6) is 0 Å². The summed E-state index contributed by atoms with van der Waals surface area (Å²) in [6.45, 7) is 3.72. The Hall–Kier alpha value is -3.23. The Balaban J connectivity index is 1.96. The number of aromatic nitrogens is 2. The molecular weight excluding hydrogens is 432 g/mol. The molecule has 1 aliphatic rings. The van der Waals surface area contributed by atoms with Gasteiger partial charge in [0.15, 0.2) is 15.7 Å². The summed E-state index contributed by atoms with van der Waals surface area (Å²) in [5.41, 5.74) is 1.61. The Morgan fingerprint density at radius 3 is 2.66 bits per heavy atom. The molecule has 0 saturated carbocycles. The number of hydrogen-bond acceptors (Lipinski definition) is 8. The van der Waals surface area contributed by atoms with Gasteiger partial charge in [0.2, 0.25) is 0 Å². The first kappa shape index (κ1) is 23.4. The van der Waals surface area contributed by atoms with Gasteiger partial charge in [-0.25, -0.2) is 23.2 Å². The molecule has 1 aromatic heterocycles. The van der Waals surface area contributed by atoms with Crippen molar-refractivity contribution in [1.82, 2.24) is 14.9 Å². The summed E-state index contributed by atoms with van der Waals surface area (Å²) in [4.78, 5) is 24.5. The maximum atomic E-state index is 12.2. The summed E-state index contributed by atoms with van der Waals surface area (Å²) >= 11 is 0. The molecule has 0 radical (unpaired) electrons. The molecule has 0 spiro atoms. The quantitative estimate of drug-likeness (QED) is 0.695. The maximum absolute atomic E-state index is 12.2. The van der Waals surface area contributed by atoms with Crippen LogP contribution in [0.15, 0.2) is 30.3 Å². The van der Waals surface area contributed by atoms with E-state index in [9.17, 15) is 13.2 Å². The van der Waals surface area contributed by atoms with Gasteiger partial charge in [-0.2, -0.15) is 5.26 Å². The van der Waals surface area contributed by atoms with E-state index in [0.717, 1.165) is 0 Å². The molecule has 2 aromatic rings. The molecule has 0 bridgehead atoms. The second-order valence-electron chi connectivity index (χ2n) is 7.75. The first-order chi connectivity index (χ1) is 15.2. The summed E-state index contributed by atoms with van der Waals surface area (Å²) < 4.78 is 30.0. The van der Waals surface area contributed by atoms with E-state index in [1.807, 2.05) is 6.92 Å². The van der Waals surface area contributed by atoms with Gasteiger partial charge in [0, 0.05) is 38.0 Å². The van der Waals surface area contributed by atoms with Crippen LogP contribution in [0, 0.1) is 11.3 Å². The summed E-state index contributed by atoms with van der Waals surface area (Å²) in [5, 5.41) is 11.6. The van der Waals surface area contributed by atoms with E-state index in [4.69, 9.17) is 10.00 Å².